The molecule has 1 saturated heterocycles. The molecule has 8 heteroatoms. The van der Waals surface area contributed by atoms with E-state index in [1.165, 1.54) is 18.2 Å². The van der Waals surface area contributed by atoms with E-state index in [2.05, 4.69) is 15.2 Å². The molecule has 0 spiro atoms. The van der Waals surface area contributed by atoms with Gasteiger partial charge in [-0.15, -0.1) is 0 Å². The fraction of sp³-hybridized carbons (Fsp3) is 0.167. The number of hydrogen-bond acceptors (Lipinski definition) is 6. The SMILES string of the molecule is O=C(C=Cc1cccnc1)Nc1ccc(S(=O)(=O)c2cccc(N3CCOCC3)c2)cc1. The second-order valence-electron chi connectivity index (χ2n) is 7.23. The monoisotopic (exact) mass is 449 g/mol. The largest absolute Gasteiger partial charge is 0.378 e. The number of nitrogens with zero attached hydrogens (tertiary/aromatic N) is 2. The van der Waals surface area contributed by atoms with Gasteiger partial charge in [-0.3, -0.25) is 9.78 Å². The Morgan fingerprint density at radius 3 is 2.50 bits per heavy atom. The van der Waals surface area contributed by atoms with Crippen molar-refractivity contribution >= 4 is 33.2 Å². The van der Waals surface area contributed by atoms with Crippen LogP contribution in [-0.4, -0.2) is 45.6 Å². The predicted octanol–water partition coefficient (Wildman–Crippen LogP) is 3.40. The number of morpholine rings is 1. The molecule has 2 aromatic carbocycles. The summed E-state index contributed by atoms with van der Waals surface area (Å²) in [5.41, 5.74) is 2.17. The Bertz CT molecular complexity index is 1200. The molecule has 0 bridgehead atoms. The molecule has 0 atom stereocenters. The number of rotatable bonds is 6. The van der Waals surface area contributed by atoms with Gasteiger partial charge in [-0.25, -0.2) is 8.42 Å². The molecule has 0 aliphatic carbocycles. The lowest BCUT2D eigenvalue weighted by Crippen LogP contribution is -2.36. The van der Waals surface area contributed by atoms with Gasteiger partial charge in [0.1, 0.15) is 0 Å². The quantitative estimate of drug-likeness (QED) is 0.581. The maximum absolute atomic E-state index is 13.1. The first-order valence-electron chi connectivity index (χ1n) is 10.2. The number of aromatic nitrogens is 1. The highest BCUT2D eigenvalue weighted by Gasteiger charge is 2.20. The van der Waals surface area contributed by atoms with E-state index in [4.69, 9.17) is 4.74 Å². The van der Waals surface area contributed by atoms with E-state index >= 15 is 0 Å². The van der Waals surface area contributed by atoms with Gasteiger partial charge in [-0.2, -0.15) is 0 Å². The number of benzene rings is 2. The van der Waals surface area contributed by atoms with Crippen LogP contribution < -0.4 is 10.2 Å². The summed E-state index contributed by atoms with van der Waals surface area (Å²) in [5, 5.41) is 2.72. The van der Waals surface area contributed by atoms with Crippen LogP contribution in [0.2, 0.25) is 0 Å². The molecule has 0 saturated carbocycles. The predicted molar refractivity (Wildman–Crippen MR) is 123 cm³/mol. The minimum Gasteiger partial charge on any atom is -0.378 e. The van der Waals surface area contributed by atoms with Crippen molar-refractivity contribution in [1.82, 2.24) is 4.98 Å². The number of sulfone groups is 1. The van der Waals surface area contributed by atoms with Gasteiger partial charge in [-0.05, 0) is 60.2 Å². The highest BCUT2D eigenvalue weighted by Crippen LogP contribution is 2.26. The van der Waals surface area contributed by atoms with Crippen molar-refractivity contribution in [2.24, 2.45) is 0 Å². The molecule has 1 amide bonds. The molecule has 0 radical (unpaired) electrons. The van der Waals surface area contributed by atoms with Crippen molar-refractivity contribution < 1.29 is 17.9 Å². The summed E-state index contributed by atoms with van der Waals surface area (Å²) in [5.74, 6) is -0.317. The van der Waals surface area contributed by atoms with Gasteiger partial charge in [0, 0.05) is 42.9 Å². The van der Waals surface area contributed by atoms with E-state index < -0.39 is 9.84 Å². The van der Waals surface area contributed by atoms with Crippen LogP contribution in [0.1, 0.15) is 5.56 Å². The Hall–Kier alpha value is -3.49. The zero-order valence-corrected chi connectivity index (χ0v) is 18.2. The first-order chi connectivity index (χ1) is 15.5. The molecule has 32 heavy (non-hydrogen) atoms. The minimum atomic E-state index is -3.68. The standard InChI is InChI=1S/C24H23N3O4S/c28-24(11-6-19-3-2-12-25-18-19)26-20-7-9-22(10-8-20)32(29,30)23-5-1-4-21(17-23)27-13-15-31-16-14-27/h1-12,17-18H,13-16H2,(H,26,28). The van der Waals surface area contributed by atoms with Gasteiger partial charge < -0.3 is 15.0 Å². The fourth-order valence-corrected chi connectivity index (χ4v) is 4.65. The average Bonchev–Trinajstić information content (AvgIpc) is 2.84. The van der Waals surface area contributed by atoms with Crippen LogP contribution in [0.4, 0.5) is 11.4 Å². The normalized spacial score (nSPS) is 14.4. The Balaban J connectivity index is 1.46. The number of hydrogen-bond donors (Lipinski definition) is 1. The smallest absolute Gasteiger partial charge is 0.248 e. The van der Waals surface area contributed by atoms with Gasteiger partial charge in [0.15, 0.2) is 0 Å². The second-order valence-corrected chi connectivity index (χ2v) is 9.18. The van der Waals surface area contributed by atoms with Crippen molar-refractivity contribution in [1.29, 1.82) is 0 Å². The summed E-state index contributed by atoms with van der Waals surface area (Å²) < 4.78 is 31.6. The summed E-state index contributed by atoms with van der Waals surface area (Å²) in [6, 6.07) is 16.7. The van der Waals surface area contributed by atoms with Crippen LogP contribution in [0.5, 0.6) is 0 Å². The number of carbonyl (C=O) groups is 1. The molecule has 1 aliphatic rings. The van der Waals surface area contributed by atoms with E-state index in [0.717, 1.165) is 24.3 Å². The van der Waals surface area contributed by atoms with E-state index in [1.807, 2.05) is 12.1 Å². The van der Waals surface area contributed by atoms with Crippen LogP contribution in [0.3, 0.4) is 0 Å². The summed E-state index contributed by atoms with van der Waals surface area (Å²) in [4.78, 5) is 18.6. The molecular weight excluding hydrogens is 426 g/mol. The number of pyridine rings is 1. The third-order valence-corrected chi connectivity index (χ3v) is 6.82. The lowest BCUT2D eigenvalue weighted by Gasteiger charge is -2.29. The summed E-state index contributed by atoms with van der Waals surface area (Å²) >= 11 is 0. The first kappa shape index (κ1) is 21.7. The maximum atomic E-state index is 13.1. The first-order valence-corrected chi connectivity index (χ1v) is 11.7. The molecule has 1 fully saturated rings. The van der Waals surface area contributed by atoms with Crippen LogP contribution in [-0.2, 0) is 19.4 Å². The molecule has 4 rings (SSSR count). The summed E-state index contributed by atoms with van der Waals surface area (Å²) in [7, 11) is -3.68. The average molecular weight is 450 g/mol. The molecule has 7 nitrogen and oxygen atoms in total. The molecule has 2 heterocycles. The molecule has 164 valence electrons. The number of nitrogens with one attached hydrogen (secondary N) is 1. The number of anilines is 2. The summed E-state index contributed by atoms with van der Waals surface area (Å²) in [6.07, 6.45) is 6.37. The lowest BCUT2D eigenvalue weighted by atomic mass is 10.2. The third kappa shape index (κ3) is 5.22. The number of amides is 1. The Labute approximate surface area is 187 Å². The van der Waals surface area contributed by atoms with Crippen LogP contribution in [0, 0.1) is 0 Å². The molecule has 3 aromatic rings. The van der Waals surface area contributed by atoms with Crippen LogP contribution in [0.15, 0.2) is 88.9 Å². The second kappa shape index (κ2) is 9.76. The molecule has 1 N–H and O–H groups in total. The van der Waals surface area contributed by atoms with E-state index in [-0.39, 0.29) is 15.7 Å². The van der Waals surface area contributed by atoms with E-state index in [1.54, 1.807) is 54.9 Å². The topological polar surface area (TPSA) is 88.6 Å². The molecular formula is C24H23N3O4S. The van der Waals surface area contributed by atoms with Crippen LogP contribution in [0.25, 0.3) is 6.08 Å². The Kier molecular flexibility index (Phi) is 6.63. The minimum absolute atomic E-state index is 0.167. The maximum Gasteiger partial charge on any atom is 0.248 e. The Morgan fingerprint density at radius 1 is 1.00 bits per heavy atom. The van der Waals surface area contributed by atoms with Crippen molar-refractivity contribution in [3.8, 4) is 0 Å². The van der Waals surface area contributed by atoms with Crippen LogP contribution >= 0.6 is 0 Å². The van der Waals surface area contributed by atoms with Gasteiger partial charge in [0.25, 0.3) is 0 Å². The van der Waals surface area contributed by atoms with Gasteiger partial charge in [-0.1, -0.05) is 12.1 Å². The molecule has 0 unspecified atom stereocenters. The number of ether oxygens (including phenoxy) is 1. The highest BCUT2D eigenvalue weighted by atomic mass is 32.2. The van der Waals surface area contributed by atoms with Gasteiger partial charge >= 0.3 is 0 Å². The van der Waals surface area contributed by atoms with Crippen molar-refractivity contribution in [2.75, 3.05) is 36.5 Å². The lowest BCUT2D eigenvalue weighted by molar-refractivity contribution is -0.111. The summed E-state index contributed by atoms with van der Waals surface area (Å²) in [6.45, 7) is 2.71. The molecule has 1 aliphatic heterocycles. The number of carbonyl (C=O) groups excluding carboxylic acids is 1. The van der Waals surface area contributed by atoms with Crippen molar-refractivity contribution in [3.63, 3.8) is 0 Å². The zero-order chi connectivity index (χ0) is 22.4. The fourth-order valence-electron chi connectivity index (χ4n) is 3.35. The third-order valence-electron chi connectivity index (χ3n) is 5.05. The van der Waals surface area contributed by atoms with Gasteiger partial charge in [0.2, 0.25) is 15.7 Å². The zero-order valence-electron chi connectivity index (χ0n) is 17.3. The van der Waals surface area contributed by atoms with E-state index in [9.17, 15) is 13.2 Å². The molecule has 1 aromatic heterocycles. The Morgan fingerprint density at radius 2 is 1.78 bits per heavy atom. The van der Waals surface area contributed by atoms with Gasteiger partial charge in [0.05, 0.1) is 23.0 Å². The van der Waals surface area contributed by atoms with Crippen molar-refractivity contribution in [3.05, 3.63) is 84.7 Å². The highest BCUT2D eigenvalue weighted by molar-refractivity contribution is 7.91. The van der Waals surface area contributed by atoms with Crippen molar-refractivity contribution in [2.45, 2.75) is 9.79 Å². The van der Waals surface area contributed by atoms with E-state index in [0.29, 0.717) is 18.9 Å².